The van der Waals surface area contributed by atoms with Crippen LogP contribution in [0.3, 0.4) is 0 Å². The zero-order valence-electron chi connectivity index (χ0n) is 14.4. The molecule has 0 radical (unpaired) electrons. The van der Waals surface area contributed by atoms with Crippen LogP contribution < -0.4 is 11.5 Å². The maximum Gasteiger partial charge on any atom is 0.321 e. The van der Waals surface area contributed by atoms with E-state index < -0.39 is 25.0 Å². The second-order valence-corrected chi connectivity index (χ2v) is 20.5. The first-order chi connectivity index (χ1) is 9.04. The summed E-state index contributed by atoms with van der Waals surface area (Å²) < 4.78 is 12.7. The molecule has 0 rings (SSSR count). The highest BCUT2D eigenvalue weighted by Gasteiger charge is 2.36. The van der Waals surface area contributed by atoms with Gasteiger partial charge in [0.2, 0.25) is 0 Å². The largest absolute Gasteiger partial charge is 0.436 e. The summed E-state index contributed by atoms with van der Waals surface area (Å²) in [6.07, 6.45) is 3.07. The van der Waals surface area contributed by atoms with Crippen molar-refractivity contribution in [1.82, 2.24) is 0 Å². The van der Waals surface area contributed by atoms with Crippen molar-refractivity contribution < 1.29 is 8.54 Å². The highest BCUT2D eigenvalue weighted by molar-refractivity contribution is 6.83. The minimum absolute atomic E-state index is 0.752. The van der Waals surface area contributed by atoms with Crippen molar-refractivity contribution in [1.29, 1.82) is 0 Å². The molecule has 4 N–H and O–H groups in total. The lowest BCUT2D eigenvalue weighted by atomic mass is 10.5. The van der Waals surface area contributed by atoms with Crippen molar-refractivity contribution >= 4 is 25.0 Å². The van der Waals surface area contributed by atoms with Gasteiger partial charge in [0.15, 0.2) is 8.32 Å². The predicted octanol–water partition coefficient (Wildman–Crippen LogP) is 2.87. The lowest BCUT2D eigenvalue weighted by Gasteiger charge is -2.35. The second kappa shape index (κ2) is 8.82. The Morgan fingerprint density at radius 3 is 1.80 bits per heavy atom. The fraction of sp³-hybridized carbons (Fsp3) is 1.00. The minimum Gasteiger partial charge on any atom is -0.436 e. The molecule has 0 bridgehead atoms. The molecule has 0 aliphatic rings. The van der Waals surface area contributed by atoms with E-state index >= 15 is 0 Å². The molecule has 122 valence electrons. The van der Waals surface area contributed by atoms with Crippen LogP contribution in [0.15, 0.2) is 0 Å². The van der Waals surface area contributed by atoms with Gasteiger partial charge in [-0.3, -0.25) is 0 Å². The maximum atomic E-state index is 6.42. The van der Waals surface area contributed by atoms with Crippen LogP contribution in [0.5, 0.6) is 0 Å². The van der Waals surface area contributed by atoms with Crippen LogP contribution >= 0.6 is 0 Å². The Morgan fingerprint density at radius 2 is 1.30 bits per heavy atom. The summed E-state index contributed by atoms with van der Waals surface area (Å²) in [7, 11) is -4.93. The summed E-state index contributed by atoms with van der Waals surface area (Å²) in [6.45, 7) is 15.2. The molecule has 0 aromatic heterocycles. The van der Waals surface area contributed by atoms with Crippen LogP contribution in [-0.2, 0) is 8.54 Å². The van der Waals surface area contributed by atoms with E-state index in [4.69, 9.17) is 20.0 Å². The Kier molecular flexibility index (Phi) is 9.03. The molecule has 0 saturated heterocycles. The molecule has 0 amide bonds. The van der Waals surface area contributed by atoms with Gasteiger partial charge in [0, 0.05) is 6.23 Å². The third-order valence-corrected chi connectivity index (χ3v) is 12.9. The maximum absolute atomic E-state index is 6.42. The van der Waals surface area contributed by atoms with Gasteiger partial charge in [-0.2, -0.15) is 0 Å². The van der Waals surface area contributed by atoms with Crippen molar-refractivity contribution in [3.63, 3.8) is 0 Å². The van der Waals surface area contributed by atoms with Crippen LogP contribution in [0.1, 0.15) is 12.8 Å². The van der Waals surface area contributed by atoms with E-state index in [0.717, 1.165) is 38.2 Å². The van der Waals surface area contributed by atoms with E-state index in [1.165, 1.54) is 6.04 Å². The molecule has 0 fully saturated rings. The fourth-order valence-corrected chi connectivity index (χ4v) is 13.6. The van der Waals surface area contributed by atoms with Crippen LogP contribution in [0, 0.1) is 0 Å². The Labute approximate surface area is 129 Å². The highest BCUT2D eigenvalue weighted by Crippen LogP contribution is 2.22. The topological polar surface area (TPSA) is 70.5 Å². The van der Waals surface area contributed by atoms with Crippen LogP contribution in [0.4, 0.5) is 0 Å². The van der Waals surface area contributed by atoms with Crippen molar-refractivity contribution in [2.45, 2.75) is 64.2 Å². The number of hydrogen-bond acceptors (Lipinski definition) is 4. The van der Waals surface area contributed by atoms with Gasteiger partial charge in [-0.15, -0.1) is 0 Å². The van der Waals surface area contributed by atoms with E-state index in [9.17, 15) is 0 Å². The molecule has 0 unspecified atom stereocenters. The summed E-state index contributed by atoms with van der Waals surface area (Å²) >= 11 is 0. The lowest BCUT2D eigenvalue weighted by molar-refractivity contribution is 0.285. The van der Waals surface area contributed by atoms with Gasteiger partial charge >= 0.3 is 8.56 Å². The molecular formula is C13H36N2O2Si3. The molecule has 0 aromatic carbocycles. The van der Waals surface area contributed by atoms with Crippen LogP contribution in [-0.4, -0.2) is 44.3 Å². The van der Waals surface area contributed by atoms with Gasteiger partial charge in [-0.05, 0) is 58.2 Å². The normalized spacial score (nSPS) is 13.8. The Bertz CT molecular complexity index is 274. The monoisotopic (exact) mass is 336 g/mol. The van der Waals surface area contributed by atoms with Crippen LogP contribution in [0.2, 0.25) is 51.4 Å². The number of rotatable bonds is 11. The third-order valence-electron chi connectivity index (χ3n) is 3.37. The molecule has 4 nitrogen and oxygen atoms in total. The minimum atomic E-state index is -2.01. The summed E-state index contributed by atoms with van der Waals surface area (Å²) in [5.41, 5.74) is 11.2. The molecule has 0 atom stereocenters. The summed E-state index contributed by atoms with van der Waals surface area (Å²) in [5, 5.41) is 0. The Hall–Kier alpha value is 0.491. The molecular weight excluding hydrogens is 300 g/mol. The number of hydrogen-bond donors (Lipinski definition) is 2. The standard InChI is InChI=1S/C13H36N2O2Si3/c1-18(2,11-7-9-14)13-16-20(5,6)17-19(3,4)12-8-10-15/h7-15H2,1-6H3. The molecule has 20 heavy (non-hydrogen) atoms. The fourth-order valence-electron chi connectivity index (χ4n) is 2.30. The third kappa shape index (κ3) is 10.3. The first-order valence-corrected chi connectivity index (χ1v) is 17.1. The van der Waals surface area contributed by atoms with Gasteiger partial charge in [0.25, 0.3) is 0 Å². The number of nitrogens with two attached hydrogens (primary N) is 2. The summed E-state index contributed by atoms with van der Waals surface area (Å²) in [5.74, 6) is 0. The van der Waals surface area contributed by atoms with Crippen molar-refractivity contribution in [3.8, 4) is 0 Å². The van der Waals surface area contributed by atoms with E-state index in [1.54, 1.807) is 0 Å². The Balaban J connectivity index is 4.30. The molecule has 0 spiro atoms. The molecule has 0 aromatic rings. The summed E-state index contributed by atoms with van der Waals surface area (Å²) in [6, 6.07) is 2.36. The second-order valence-electron chi connectivity index (χ2n) is 7.50. The van der Waals surface area contributed by atoms with Gasteiger partial charge in [-0.1, -0.05) is 19.1 Å². The van der Waals surface area contributed by atoms with Crippen molar-refractivity contribution in [2.24, 2.45) is 11.5 Å². The zero-order valence-corrected chi connectivity index (χ0v) is 17.4. The SMILES string of the molecule is C[Si](C)(CCCN)CO[Si](C)(C)O[Si](C)(C)CCCN. The molecule has 0 aliphatic heterocycles. The van der Waals surface area contributed by atoms with E-state index in [0.29, 0.717) is 0 Å². The van der Waals surface area contributed by atoms with Gasteiger partial charge in [0.1, 0.15) is 0 Å². The van der Waals surface area contributed by atoms with Gasteiger partial charge < -0.3 is 20.0 Å². The average molecular weight is 337 g/mol. The van der Waals surface area contributed by atoms with Crippen molar-refractivity contribution in [2.75, 3.05) is 19.3 Å². The van der Waals surface area contributed by atoms with E-state index in [1.807, 2.05) is 0 Å². The molecule has 7 heteroatoms. The van der Waals surface area contributed by atoms with Gasteiger partial charge in [-0.25, -0.2) is 0 Å². The quantitative estimate of drug-likeness (QED) is 0.569. The highest BCUT2D eigenvalue weighted by atomic mass is 28.4. The average Bonchev–Trinajstić information content (AvgIpc) is 2.31. The first kappa shape index (κ1) is 20.5. The first-order valence-electron chi connectivity index (χ1n) is 7.78. The predicted molar refractivity (Wildman–Crippen MR) is 96.4 cm³/mol. The molecule has 0 heterocycles. The zero-order chi connectivity index (χ0) is 15.9. The summed E-state index contributed by atoms with van der Waals surface area (Å²) in [4.78, 5) is 0. The van der Waals surface area contributed by atoms with Crippen molar-refractivity contribution in [3.05, 3.63) is 0 Å². The van der Waals surface area contributed by atoms with Gasteiger partial charge in [0.05, 0.1) is 8.07 Å². The van der Waals surface area contributed by atoms with Crippen LogP contribution in [0.25, 0.3) is 0 Å². The smallest absolute Gasteiger partial charge is 0.321 e. The lowest BCUT2D eigenvalue weighted by Crippen LogP contribution is -2.49. The Morgan fingerprint density at radius 1 is 0.800 bits per heavy atom. The molecule has 0 aliphatic carbocycles. The van der Waals surface area contributed by atoms with E-state index in [2.05, 4.69) is 39.3 Å². The molecule has 0 saturated carbocycles. The van der Waals surface area contributed by atoms with E-state index in [-0.39, 0.29) is 0 Å².